The number of nitrogens with zero attached hydrogens (tertiary/aromatic N) is 5. The van der Waals surface area contributed by atoms with Gasteiger partial charge in [0.1, 0.15) is 11.1 Å². The molecular formula is C28H28N6O2. The molecule has 0 aliphatic carbocycles. The second-order valence-electron chi connectivity index (χ2n) is 9.30. The standard InChI is InChI=1S/C28H28N6O2/c35-27-21(18-20-6-1-2-9-25(20)36-27)10-15-33-16-11-22(12-17-33)31-28-32-24-8-5-14-30-26(24)34(28)19-23-7-3-4-13-29-23/h1-9,13-14,18,22H,10-12,15-17,19H2,(H,31,32). The van der Waals surface area contributed by atoms with Gasteiger partial charge in [0.25, 0.3) is 0 Å². The molecule has 8 heteroatoms. The summed E-state index contributed by atoms with van der Waals surface area (Å²) in [6, 6.07) is 19.8. The van der Waals surface area contributed by atoms with Crippen LogP contribution < -0.4 is 10.9 Å². The molecular weight excluding hydrogens is 452 g/mol. The number of benzene rings is 1. The smallest absolute Gasteiger partial charge is 0.339 e. The minimum Gasteiger partial charge on any atom is -0.423 e. The molecule has 8 nitrogen and oxygen atoms in total. The predicted octanol–water partition coefficient (Wildman–Crippen LogP) is 4.10. The van der Waals surface area contributed by atoms with E-state index in [4.69, 9.17) is 9.40 Å². The van der Waals surface area contributed by atoms with Crippen LogP contribution in [0.4, 0.5) is 5.95 Å². The van der Waals surface area contributed by atoms with Crippen molar-refractivity contribution in [3.05, 3.63) is 94.7 Å². The summed E-state index contributed by atoms with van der Waals surface area (Å²) in [6.45, 7) is 3.40. The molecule has 0 atom stereocenters. The maximum absolute atomic E-state index is 12.4. The number of pyridine rings is 2. The van der Waals surface area contributed by atoms with Gasteiger partial charge in [-0.25, -0.2) is 14.8 Å². The molecule has 1 aliphatic heterocycles. The van der Waals surface area contributed by atoms with Gasteiger partial charge in [0.15, 0.2) is 5.65 Å². The van der Waals surface area contributed by atoms with Crippen LogP contribution in [0.2, 0.25) is 0 Å². The number of rotatable bonds is 7. The van der Waals surface area contributed by atoms with E-state index in [9.17, 15) is 4.79 Å². The zero-order chi connectivity index (χ0) is 24.3. The molecule has 0 bridgehead atoms. The summed E-state index contributed by atoms with van der Waals surface area (Å²) in [6.07, 6.45) is 6.32. The molecule has 36 heavy (non-hydrogen) atoms. The summed E-state index contributed by atoms with van der Waals surface area (Å²) < 4.78 is 7.61. The summed E-state index contributed by atoms with van der Waals surface area (Å²) >= 11 is 0. The van der Waals surface area contributed by atoms with Gasteiger partial charge in [-0.3, -0.25) is 9.55 Å². The molecule has 1 fully saturated rings. The third kappa shape index (κ3) is 4.72. The lowest BCUT2D eigenvalue weighted by atomic mass is 10.0. The predicted molar refractivity (Wildman–Crippen MR) is 140 cm³/mol. The zero-order valence-corrected chi connectivity index (χ0v) is 20.0. The normalized spacial score (nSPS) is 15.0. The molecule has 0 amide bonds. The first kappa shape index (κ1) is 22.4. The van der Waals surface area contributed by atoms with Gasteiger partial charge in [-0.05, 0) is 55.7 Å². The maximum Gasteiger partial charge on any atom is 0.339 e. The number of hydrogen-bond acceptors (Lipinski definition) is 7. The average molecular weight is 481 g/mol. The molecule has 6 rings (SSSR count). The van der Waals surface area contributed by atoms with E-state index >= 15 is 0 Å². The van der Waals surface area contributed by atoms with Crippen molar-refractivity contribution >= 4 is 28.1 Å². The van der Waals surface area contributed by atoms with Crippen LogP contribution in [0.25, 0.3) is 22.1 Å². The zero-order valence-electron chi connectivity index (χ0n) is 20.0. The molecule has 1 N–H and O–H groups in total. The Morgan fingerprint density at radius 2 is 1.81 bits per heavy atom. The summed E-state index contributed by atoms with van der Waals surface area (Å²) in [5.41, 5.74) is 3.86. The molecule has 0 spiro atoms. The monoisotopic (exact) mass is 480 g/mol. The lowest BCUT2D eigenvalue weighted by Crippen LogP contribution is -2.40. The molecule has 5 heterocycles. The number of hydrogen-bond donors (Lipinski definition) is 1. The van der Waals surface area contributed by atoms with Crippen LogP contribution in [0.5, 0.6) is 0 Å². The number of anilines is 1. The second-order valence-corrected chi connectivity index (χ2v) is 9.30. The Bertz CT molecular complexity index is 1540. The van der Waals surface area contributed by atoms with Crippen LogP contribution in [0.1, 0.15) is 24.1 Å². The van der Waals surface area contributed by atoms with Crippen molar-refractivity contribution in [2.24, 2.45) is 0 Å². The highest BCUT2D eigenvalue weighted by Gasteiger charge is 2.22. The highest BCUT2D eigenvalue weighted by atomic mass is 16.4. The molecule has 0 unspecified atom stereocenters. The van der Waals surface area contributed by atoms with E-state index in [1.807, 2.05) is 66.9 Å². The molecule has 4 aromatic heterocycles. The van der Waals surface area contributed by atoms with E-state index in [0.29, 0.717) is 24.6 Å². The van der Waals surface area contributed by atoms with Crippen molar-refractivity contribution in [1.82, 2.24) is 24.4 Å². The van der Waals surface area contributed by atoms with E-state index in [0.717, 1.165) is 66.2 Å². The van der Waals surface area contributed by atoms with Crippen molar-refractivity contribution in [2.45, 2.75) is 31.8 Å². The van der Waals surface area contributed by atoms with Crippen LogP contribution in [0.3, 0.4) is 0 Å². The highest BCUT2D eigenvalue weighted by Crippen LogP contribution is 2.22. The lowest BCUT2D eigenvalue weighted by Gasteiger charge is -2.32. The molecule has 1 saturated heterocycles. The fourth-order valence-electron chi connectivity index (χ4n) is 4.91. The van der Waals surface area contributed by atoms with Gasteiger partial charge in [-0.1, -0.05) is 24.3 Å². The SMILES string of the molecule is O=c1oc2ccccc2cc1CCN1CCC(Nc2nc3cccnc3n2Cc2ccccn2)CC1. The Morgan fingerprint density at radius 3 is 2.67 bits per heavy atom. The molecule has 1 aliphatic rings. The van der Waals surface area contributed by atoms with E-state index < -0.39 is 0 Å². The second kappa shape index (κ2) is 9.91. The fourth-order valence-corrected chi connectivity index (χ4v) is 4.91. The van der Waals surface area contributed by atoms with Crippen LogP contribution in [-0.2, 0) is 13.0 Å². The summed E-state index contributed by atoms with van der Waals surface area (Å²) in [5.74, 6) is 0.835. The van der Waals surface area contributed by atoms with Crippen molar-refractivity contribution in [2.75, 3.05) is 25.0 Å². The fraction of sp³-hybridized carbons (Fsp3) is 0.286. The van der Waals surface area contributed by atoms with Gasteiger partial charge < -0.3 is 14.6 Å². The number of likely N-dealkylation sites (tertiary alicyclic amines) is 1. The van der Waals surface area contributed by atoms with Crippen molar-refractivity contribution < 1.29 is 4.42 Å². The Morgan fingerprint density at radius 1 is 0.972 bits per heavy atom. The molecule has 1 aromatic carbocycles. The number of para-hydroxylation sites is 1. The van der Waals surface area contributed by atoms with Gasteiger partial charge in [-0.15, -0.1) is 0 Å². The van der Waals surface area contributed by atoms with Crippen LogP contribution in [0, 0.1) is 0 Å². The minimum atomic E-state index is -0.231. The van der Waals surface area contributed by atoms with Gasteiger partial charge in [0, 0.05) is 49.0 Å². The number of piperidine rings is 1. The largest absolute Gasteiger partial charge is 0.423 e. The van der Waals surface area contributed by atoms with Gasteiger partial charge in [0.2, 0.25) is 5.95 Å². The Kier molecular flexibility index (Phi) is 6.17. The summed E-state index contributed by atoms with van der Waals surface area (Å²) in [5, 5.41) is 4.65. The van der Waals surface area contributed by atoms with Crippen LogP contribution in [0.15, 0.2) is 82.3 Å². The van der Waals surface area contributed by atoms with E-state index in [-0.39, 0.29) is 5.63 Å². The number of imidazole rings is 1. The average Bonchev–Trinajstić information content (AvgIpc) is 3.25. The molecule has 182 valence electrons. The number of fused-ring (bicyclic) bond motifs is 2. The van der Waals surface area contributed by atoms with Gasteiger partial charge >= 0.3 is 5.63 Å². The first-order chi connectivity index (χ1) is 17.7. The third-order valence-corrected chi connectivity index (χ3v) is 6.88. The minimum absolute atomic E-state index is 0.231. The highest BCUT2D eigenvalue weighted by molar-refractivity contribution is 5.76. The maximum atomic E-state index is 12.4. The van der Waals surface area contributed by atoms with Gasteiger partial charge in [-0.2, -0.15) is 0 Å². The van der Waals surface area contributed by atoms with E-state index in [1.54, 1.807) is 6.20 Å². The lowest BCUT2D eigenvalue weighted by molar-refractivity contribution is 0.220. The summed E-state index contributed by atoms with van der Waals surface area (Å²) in [7, 11) is 0. The summed E-state index contributed by atoms with van der Waals surface area (Å²) in [4.78, 5) is 28.7. The van der Waals surface area contributed by atoms with Gasteiger partial charge in [0.05, 0.1) is 12.2 Å². The van der Waals surface area contributed by atoms with Crippen molar-refractivity contribution in [3.63, 3.8) is 0 Å². The molecule has 0 saturated carbocycles. The Balaban J connectivity index is 1.10. The van der Waals surface area contributed by atoms with E-state index in [1.165, 1.54) is 0 Å². The number of aromatic nitrogens is 4. The van der Waals surface area contributed by atoms with Crippen molar-refractivity contribution in [3.8, 4) is 0 Å². The first-order valence-electron chi connectivity index (χ1n) is 12.4. The molecule has 5 aromatic rings. The van der Waals surface area contributed by atoms with Crippen LogP contribution in [-0.4, -0.2) is 50.1 Å². The van der Waals surface area contributed by atoms with E-state index in [2.05, 4.69) is 24.8 Å². The first-order valence-corrected chi connectivity index (χ1v) is 12.4. The van der Waals surface area contributed by atoms with Crippen LogP contribution >= 0.6 is 0 Å². The quantitative estimate of drug-likeness (QED) is 0.351. The molecule has 0 radical (unpaired) electrons. The number of nitrogens with one attached hydrogen (secondary N) is 1. The van der Waals surface area contributed by atoms with Crippen molar-refractivity contribution in [1.29, 1.82) is 0 Å². The Hall–Kier alpha value is -4.04. The Labute approximate surface area is 208 Å². The third-order valence-electron chi connectivity index (χ3n) is 6.88. The topological polar surface area (TPSA) is 89.1 Å².